The number of carbonyl (C=O) groups excluding carboxylic acids is 2. The molecule has 1 aromatic carbocycles. The van der Waals surface area contributed by atoms with Crippen LogP contribution in [0.25, 0.3) is 6.08 Å². The van der Waals surface area contributed by atoms with Gasteiger partial charge in [-0.05, 0) is 12.0 Å². The Morgan fingerprint density at radius 1 is 1.05 bits per heavy atom. The van der Waals surface area contributed by atoms with Crippen LogP contribution in [0.2, 0.25) is 0 Å². The SMILES string of the molecule is CC(=O)NCCCNC(=O)NCC=Cc1ccccc1. The normalized spacial score (nSPS) is 10.2. The van der Waals surface area contributed by atoms with Crippen LogP contribution >= 0.6 is 0 Å². The second kappa shape index (κ2) is 9.61. The summed E-state index contributed by atoms with van der Waals surface area (Å²) in [6.45, 7) is 3.06. The van der Waals surface area contributed by atoms with Gasteiger partial charge in [-0.2, -0.15) is 0 Å². The number of rotatable bonds is 7. The van der Waals surface area contributed by atoms with E-state index in [0.717, 1.165) is 5.56 Å². The second-order valence-electron chi connectivity index (χ2n) is 4.29. The molecular formula is C15H21N3O2. The standard InChI is InChI=1S/C15H21N3O2/c1-13(19)16-11-6-12-18-15(20)17-10-5-9-14-7-3-2-4-8-14/h2-5,7-9H,6,10-12H2,1H3,(H,16,19)(H2,17,18,20). The molecule has 0 saturated carbocycles. The Labute approximate surface area is 119 Å². The average Bonchev–Trinajstić information content (AvgIpc) is 2.44. The quantitative estimate of drug-likeness (QED) is 0.660. The lowest BCUT2D eigenvalue weighted by Crippen LogP contribution is -2.37. The summed E-state index contributed by atoms with van der Waals surface area (Å²) in [7, 11) is 0. The minimum absolute atomic E-state index is 0.0551. The summed E-state index contributed by atoms with van der Waals surface area (Å²) < 4.78 is 0. The van der Waals surface area contributed by atoms with Gasteiger partial charge in [-0.3, -0.25) is 4.79 Å². The molecule has 5 nitrogen and oxygen atoms in total. The van der Waals surface area contributed by atoms with Gasteiger partial charge in [0, 0.05) is 26.6 Å². The second-order valence-corrected chi connectivity index (χ2v) is 4.29. The third-order valence-electron chi connectivity index (χ3n) is 2.50. The Morgan fingerprint density at radius 2 is 1.75 bits per heavy atom. The molecule has 0 bridgehead atoms. The minimum Gasteiger partial charge on any atom is -0.356 e. The molecule has 0 aromatic heterocycles. The first-order chi connectivity index (χ1) is 9.68. The molecule has 20 heavy (non-hydrogen) atoms. The summed E-state index contributed by atoms with van der Waals surface area (Å²) in [6.07, 6.45) is 4.57. The van der Waals surface area contributed by atoms with E-state index in [0.29, 0.717) is 26.1 Å². The zero-order chi connectivity index (χ0) is 14.6. The lowest BCUT2D eigenvalue weighted by molar-refractivity contribution is -0.118. The zero-order valence-corrected chi connectivity index (χ0v) is 11.7. The van der Waals surface area contributed by atoms with Crippen LogP contribution in [0.5, 0.6) is 0 Å². The van der Waals surface area contributed by atoms with Crippen LogP contribution in [0.1, 0.15) is 18.9 Å². The van der Waals surface area contributed by atoms with Crippen molar-refractivity contribution < 1.29 is 9.59 Å². The molecule has 1 rings (SSSR count). The number of amides is 3. The van der Waals surface area contributed by atoms with Crippen LogP contribution < -0.4 is 16.0 Å². The van der Waals surface area contributed by atoms with Crippen molar-refractivity contribution in [2.45, 2.75) is 13.3 Å². The van der Waals surface area contributed by atoms with E-state index in [1.807, 2.05) is 42.5 Å². The predicted molar refractivity (Wildman–Crippen MR) is 80.2 cm³/mol. The highest BCUT2D eigenvalue weighted by atomic mass is 16.2. The molecule has 0 aliphatic heterocycles. The van der Waals surface area contributed by atoms with Crippen LogP contribution in [-0.4, -0.2) is 31.6 Å². The molecule has 0 atom stereocenters. The lowest BCUT2D eigenvalue weighted by Gasteiger charge is -2.06. The van der Waals surface area contributed by atoms with Crippen molar-refractivity contribution in [1.29, 1.82) is 0 Å². The van der Waals surface area contributed by atoms with Crippen LogP contribution in [0.4, 0.5) is 4.79 Å². The fourth-order valence-corrected chi connectivity index (χ4v) is 1.53. The first-order valence-corrected chi connectivity index (χ1v) is 6.66. The van der Waals surface area contributed by atoms with E-state index < -0.39 is 0 Å². The summed E-state index contributed by atoms with van der Waals surface area (Å²) in [4.78, 5) is 22.0. The topological polar surface area (TPSA) is 70.2 Å². The number of benzene rings is 1. The maximum Gasteiger partial charge on any atom is 0.315 e. The number of carbonyl (C=O) groups is 2. The van der Waals surface area contributed by atoms with Crippen molar-refractivity contribution in [3.05, 3.63) is 42.0 Å². The van der Waals surface area contributed by atoms with Crippen molar-refractivity contribution in [3.8, 4) is 0 Å². The highest BCUT2D eigenvalue weighted by Crippen LogP contribution is 1.99. The summed E-state index contributed by atoms with van der Waals surface area (Å²) in [5.74, 6) is -0.0551. The Kier molecular flexibility index (Phi) is 7.57. The monoisotopic (exact) mass is 275 g/mol. The third kappa shape index (κ3) is 7.92. The number of nitrogens with one attached hydrogen (secondary N) is 3. The molecule has 3 N–H and O–H groups in total. The van der Waals surface area contributed by atoms with Gasteiger partial charge in [-0.15, -0.1) is 0 Å². The molecular weight excluding hydrogens is 254 g/mol. The summed E-state index contributed by atoms with van der Waals surface area (Å²) in [5.41, 5.74) is 1.10. The van der Waals surface area contributed by atoms with E-state index in [4.69, 9.17) is 0 Å². The fourth-order valence-electron chi connectivity index (χ4n) is 1.53. The van der Waals surface area contributed by atoms with E-state index in [1.165, 1.54) is 6.92 Å². The van der Waals surface area contributed by atoms with Gasteiger partial charge in [-0.1, -0.05) is 42.5 Å². The van der Waals surface area contributed by atoms with Gasteiger partial charge in [0.2, 0.25) is 5.91 Å². The van der Waals surface area contributed by atoms with E-state index in [9.17, 15) is 9.59 Å². The first kappa shape index (κ1) is 15.8. The van der Waals surface area contributed by atoms with Crippen molar-refractivity contribution in [3.63, 3.8) is 0 Å². The Balaban J connectivity index is 2.05. The molecule has 3 amide bonds. The van der Waals surface area contributed by atoms with Crippen molar-refractivity contribution in [2.75, 3.05) is 19.6 Å². The number of hydrogen-bond donors (Lipinski definition) is 3. The van der Waals surface area contributed by atoms with Crippen molar-refractivity contribution >= 4 is 18.0 Å². The maximum absolute atomic E-state index is 11.4. The smallest absolute Gasteiger partial charge is 0.315 e. The maximum atomic E-state index is 11.4. The molecule has 5 heteroatoms. The molecule has 1 aromatic rings. The van der Waals surface area contributed by atoms with Crippen LogP contribution in [0.3, 0.4) is 0 Å². The molecule has 108 valence electrons. The molecule has 0 radical (unpaired) electrons. The van der Waals surface area contributed by atoms with Gasteiger partial charge >= 0.3 is 6.03 Å². The highest BCUT2D eigenvalue weighted by molar-refractivity contribution is 5.74. The van der Waals surface area contributed by atoms with Crippen LogP contribution in [0.15, 0.2) is 36.4 Å². The molecule has 0 heterocycles. The van der Waals surface area contributed by atoms with Gasteiger partial charge in [0.15, 0.2) is 0 Å². The Hall–Kier alpha value is -2.30. The van der Waals surface area contributed by atoms with E-state index in [2.05, 4.69) is 16.0 Å². The van der Waals surface area contributed by atoms with Gasteiger partial charge in [0.05, 0.1) is 0 Å². The van der Waals surface area contributed by atoms with Gasteiger partial charge in [0.1, 0.15) is 0 Å². The van der Waals surface area contributed by atoms with Crippen LogP contribution in [0, 0.1) is 0 Å². The summed E-state index contributed by atoms with van der Waals surface area (Å²) >= 11 is 0. The van der Waals surface area contributed by atoms with Crippen molar-refractivity contribution in [2.24, 2.45) is 0 Å². The predicted octanol–water partition coefficient (Wildman–Crippen LogP) is 1.53. The summed E-state index contributed by atoms with van der Waals surface area (Å²) in [6, 6.07) is 9.69. The first-order valence-electron chi connectivity index (χ1n) is 6.66. The molecule has 0 spiro atoms. The molecule has 0 fully saturated rings. The average molecular weight is 275 g/mol. The molecule has 0 saturated heterocycles. The molecule has 0 aliphatic rings. The minimum atomic E-state index is -0.203. The van der Waals surface area contributed by atoms with Gasteiger partial charge in [0.25, 0.3) is 0 Å². The molecule has 0 aliphatic carbocycles. The number of urea groups is 1. The van der Waals surface area contributed by atoms with E-state index in [-0.39, 0.29) is 11.9 Å². The third-order valence-corrected chi connectivity index (χ3v) is 2.50. The zero-order valence-electron chi connectivity index (χ0n) is 11.7. The Bertz CT molecular complexity index is 444. The lowest BCUT2D eigenvalue weighted by atomic mass is 10.2. The van der Waals surface area contributed by atoms with Crippen molar-refractivity contribution in [1.82, 2.24) is 16.0 Å². The fraction of sp³-hybridized carbons (Fsp3) is 0.333. The van der Waals surface area contributed by atoms with Gasteiger partial charge < -0.3 is 16.0 Å². The largest absolute Gasteiger partial charge is 0.356 e. The molecule has 0 unspecified atom stereocenters. The highest BCUT2D eigenvalue weighted by Gasteiger charge is 1.97. The van der Waals surface area contributed by atoms with E-state index in [1.54, 1.807) is 0 Å². The summed E-state index contributed by atoms with van der Waals surface area (Å²) in [5, 5.41) is 8.12. The number of hydrogen-bond acceptors (Lipinski definition) is 2. The Morgan fingerprint density at radius 3 is 2.45 bits per heavy atom. The van der Waals surface area contributed by atoms with Gasteiger partial charge in [-0.25, -0.2) is 4.79 Å². The van der Waals surface area contributed by atoms with Crippen LogP contribution in [-0.2, 0) is 4.79 Å². The van der Waals surface area contributed by atoms with E-state index >= 15 is 0 Å².